The van der Waals surface area contributed by atoms with Crippen LogP contribution in [0.25, 0.3) is 0 Å². The smallest absolute Gasteiger partial charge is 0.259 e. The molecule has 3 rings (SSSR count). The second-order valence-electron chi connectivity index (χ2n) is 6.02. The number of ketones is 1. The van der Waals surface area contributed by atoms with Crippen molar-refractivity contribution < 1.29 is 18.7 Å². The number of hydrogen-bond acceptors (Lipinski definition) is 4. The largest absolute Gasteiger partial charge is 0.480 e. The van der Waals surface area contributed by atoms with Crippen LogP contribution < -0.4 is 4.74 Å². The van der Waals surface area contributed by atoms with Crippen LogP contribution in [-0.4, -0.2) is 41.8 Å². The number of hydrogen-bond donors (Lipinski definition) is 0. The van der Waals surface area contributed by atoms with Gasteiger partial charge in [0.2, 0.25) is 5.88 Å². The van der Waals surface area contributed by atoms with Crippen LogP contribution in [0.3, 0.4) is 0 Å². The topological polar surface area (TPSA) is 59.5 Å². The SMILES string of the molecule is COc1ncccc1C(=O)N1CCC[C@H](C(=O)c2ccc(F)cc2)C1. The Morgan fingerprint density at radius 3 is 2.72 bits per heavy atom. The van der Waals surface area contributed by atoms with Gasteiger partial charge in [-0.2, -0.15) is 0 Å². The summed E-state index contributed by atoms with van der Waals surface area (Å²) in [4.78, 5) is 31.1. The summed E-state index contributed by atoms with van der Waals surface area (Å²) in [7, 11) is 1.47. The number of likely N-dealkylation sites (tertiary alicyclic amines) is 1. The molecular formula is C19H19FN2O3. The van der Waals surface area contributed by atoms with E-state index < -0.39 is 0 Å². The van der Waals surface area contributed by atoms with E-state index in [-0.39, 0.29) is 29.3 Å². The lowest BCUT2D eigenvalue weighted by Gasteiger charge is -2.32. The van der Waals surface area contributed by atoms with Crippen LogP contribution >= 0.6 is 0 Å². The normalized spacial score (nSPS) is 17.2. The number of Topliss-reactive ketones (excluding diaryl/α,β-unsaturated/α-hetero) is 1. The molecule has 1 aromatic carbocycles. The molecule has 6 heteroatoms. The highest BCUT2D eigenvalue weighted by Gasteiger charge is 2.30. The molecule has 0 N–H and O–H groups in total. The number of nitrogens with zero attached hydrogens (tertiary/aromatic N) is 2. The summed E-state index contributed by atoms with van der Waals surface area (Å²) >= 11 is 0. The molecule has 1 aliphatic heterocycles. The minimum atomic E-state index is -0.374. The second-order valence-corrected chi connectivity index (χ2v) is 6.02. The van der Waals surface area contributed by atoms with Gasteiger partial charge in [0.05, 0.1) is 7.11 Å². The second kappa shape index (κ2) is 7.42. The van der Waals surface area contributed by atoms with Crippen molar-refractivity contribution in [3.05, 3.63) is 59.5 Å². The average molecular weight is 342 g/mol. The summed E-state index contributed by atoms with van der Waals surface area (Å²) in [6.07, 6.45) is 3.02. The first-order valence-corrected chi connectivity index (χ1v) is 8.18. The predicted octanol–water partition coefficient (Wildman–Crippen LogP) is 2.96. The molecule has 0 spiro atoms. The summed E-state index contributed by atoms with van der Waals surface area (Å²) < 4.78 is 18.2. The summed E-state index contributed by atoms with van der Waals surface area (Å²) in [6, 6.07) is 8.88. The van der Waals surface area contributed by atoms with Crippen molar-refractivity contribution in [2.45, 2.75) is 12.8 Å². The Labute approximate surface area is 145 Å². The van der Waals surface area contributed by atoms with Crippen LogP contribution in [-0.2, 0) is 0 Å². The lowest BCUT2D eigenvalue weighted by atomic mass is 9.89. The van der Waals surface area contributed by atoms with Gasteiger partial charge in [0.1, 0.15) is 11.4 Å². The number of pyridine rings is 1. The molecule has 0 aliphatic carbocycles. The number of aromatic nitrogens is 1. The highest BCUT2D eigenvalue weighted by molar-refractivity contribution is 6.00. The van der Waals surface area contributed by atoms with Crippen LogP contribution in [0.5, 0.6) is 5.88 Å². The van der Waals surface area contributed by atoms with E-state index in [1.54, 1.807) is 23.2 Å². The molecule has 25 heavy (non-hydrogen) atoms. The van der Waals surface area contributed by atoms with Crippen LogP contribution in [0, 0.1) is 11.7 Å². The number of carbonyl (C=O) groups excluding carboxylic acids is 2. The fourth-order valence-electron chi connectivity index (χ4n) is 3.11. The summed E-state index contributed by atoms with van der Waals surface area (Å²) in [5.74, 6) is -0.636. The third-order valence-corrected chi connectivity index (χ3v) is 4.40. The zero-order valence-corrected chi connectivity index (χ0v) is 13.9. The summed E-state index contributed by atoms with van der Waals surface area (Å²) in [5, 5.41) is 0. The van der Waals surface area contributed by atoms with Gasteiger partial charge in [-0.25, -0.2) is 9.37 Å². The molecule has 0 unspecified atom stereocenters. The van der Waals surface area contributed by atoms with E-state index in [4.69, 9.17) is 4.74 Å². The molecule has 1 amide bonds. The van der Waals surface area contributed by atoms with E-state index in [1.807, 2.05) is 0 Å². The van der Waals surface area contributed by atoms with Crippen molar-refractivity contribution in [2.24, 2.45) is 5.92 Å². The Kier molecular flexibility index (Phi) is 5.07. The summed E-state index contributed by atoms with van der Waals surface area (Å²) in [5.41, 5.74) is 0.861. The zero-order valence-electron chi connectivity index (χ0n) is 13.9. The molecule has 1 aliphatic rings. The van der Waals surface area contributed by atoms with Gasteiger partial charge in [-0.05, 0) is 49.2 Å². The number of amides is 1. The number of methoxy groups -OCH3 is 1. The average Bonchev–Trinajstić information content (AvgIpc) is 2.67. The van der Waals surface area contributed by atoms with Crippen LogP contribution in [0.15, 0.2) is 42.6 Å². The Morgan fingerprint density at radius 2 is 2.00 bits per heavy atom. The first-order valence-electron chi connectivity index (χ1n) is 8.18. The van der Waals surface area contributed by atoms with Crippen molar-refractivity contribution in [1.29, 1.82) is 0 Å². The molecule has 2 aromatic rings. The van der Waals surface area contributed by atoms with Gasteiger partial charge in [-0.15, -0.1) is 0 Å². The summed E-state index contributed by atoms with van der Waals surface area (Å²) in [6.45, 7) is 0.928. The van der Waals surface area contributed by atoms with Crippen molar-refractivity contribution in [3.63, 3.8) is 0 Å². The molecule has 1 saturated heterocycles. The minimum absolute atomic E-state index is 0.0596. The maximum absolute atomic E-state index is 13.0. The van der Waals surface area contributed by atoms with E-state index in [2.05, 4.69) is 4.98 Å². The molecule has 1 fully saturated rings. The highest BCUT2D eigenvalue weighted by atomic mass is 19.1. The Morgan fingerprint density at radius 1 is 1.24 bits per heavy atom. The van der Waals surface area contributed by atoms with Gasteiger partial charge in [0.25, 0.3) is 5.91 Å². The van der Waals surface area contributed by atoms with E-state index in [0.29, 0.717) is 30.6 Å². The molecule has 5 nitrogen and oxygen atoms in total. The number of ether oxygens (including phenoxy) is 1. The lowest BCUT2D eigenvalue weighted by molar-refractivity contribution is 0.0633. The van der Waals surface area contributed by atoms with E-state index in [9.17, 15) is 14.0 Å². The fourth-order valence-corrected chi connectivity index (χ4v) is 3.11. The number of halogens is 1. The van der Waals surface area contributed by atoms with Crippen molar-refractivity contribution in [3.8, 4) is 5.88 Å². The standard InChI is InChI=1S/C19H19FN2O3/c1-25-18-16(5-2-10-21-18)19(24)22-11-3-4-14(12-22)17(23)13-6-8-15(20)9-7-13/h2,5-10,14H,3-4,11-12H2,1H3/t14-/m0/s1. The number of carbonyl (C=O) groups is 2. The molecule has 0 saturated carbocycles. The molecule has 0 bridgehead atoms. The van der Waals surface area contributed by atoms with E-state index in [0.717, 1.165) is 6.42 Å². The van der Waals surface area contributed by atoms with Gasteiger partial charge in [-0.1, -0.05) is 0 Å². The third kappa shape index (κ3) is 3.68. The van der Waals surface area contributed by atoms with Crippen LogP contribution in [0.1, 0.15) is 33.6 Å². The number of benzene rings is 1. The van der Waals surface area contributed by atoms with E-state index >= 15 is 0 Å². The third-order valence-electron chi connectivity index (χ3n) is 4.40. The van der Waals surface area contributed by atoms with Crippen molar-refractivity contribution in [1.82, 2.24) is 9.88 Å². The monoisotopic (exact) mass is 342 g/mol. The first kappa shape index (κ1) is 17.1. The zero-order chi connectivity index (χ0) is 17.8. The molecule has 1 aromatic heterocycles. The predicted molar refractivity (Wildman–Crippen MR) is 90.1 cm³/mol. The first-order chi connectivity index (χ1) is 12.1. The van der Waals surface area contributed by atoms with Gasteiger partial charge in [-0.3, -0.25) is 9.59 Å². The van der Waals surface area contributed by atoms with Gasteiger partial charge in [0.15, 0.2) is 5.78 Å². The van der Waals surface area contributed by atoms with Gasteiger partial charge < -0.3 is 9.64 Å². The lowest BCUT2D eigenvalue weighted by Crippen LogP contribution is -2.42. The quantitative estimate of drug-likeness (QED) is 0.802. The number of piperidine rings is 1. The molecule has 2 heterocycles. The number of rotatable bonds is 4. The maximum Gasteiger partial charge on any atom is 0.259 e. The fraction of sp³-hybridized carbons (Fsp3) is 0.316. The molecule has 0 radical (unpaired) electrons. The van der Waals surface area contributed by atoms with Gasteiger partial charge >= 0.3 is 0 Å². The van der Waals surface area contributed by atoms with Crippen LogP contribution in [0.2, 0.25) is 0 Å². The van der Waals surface area contributed by atoms with Gasteiger partial charge in [0, 0.05) is 30.8 Å². The Bertz CT molecular complexity index is 776. The molecule has 130 valence electrons. The Hall–Kier alpha value is -2.76. The van der Waals surface area contributed by atoms with Crippen molar-refractivity contribution >= 4 is 11.7 Å². The maximum atomic E-state index is 13.0. The molecular weight excluding hydrogens is 323 g/mol. The minimum Gasteiger partial charge on any atom is -0.480 e. The Balaban J connectivity index is 1.75. The highest BCUT2D eigenvalue weighted by Crippen LogP contribution is 2.24. The molecule has 1 atom stereocenters. The van der Waals surface area contributed by atoms with Crippen LogP contribution in [0.4, 0.5) is 4.39 Å². The van der Waals surface area contributed by atoms with E-state index in [1.165, 1.54) is 31.4 Å². The van der Waals surface area contributed by atoms with Crippen molar-refractivity contribution in [2.75, 3.05) is 20.2 Å².